The summed E-state index contributed by atoms with van der Waals surface area (Å²) in [6, 6.07) is 1.69. The zero-order chi connectivity index (χ0) is 13.3. The number of hydrogen-bond acceptors (Lipinski definition) is 6. The molecule has 0 bridgehead atoms. The van der Waals surface area contributed by atoms with Crippen LogP contribution in [0.4, 0.5) is 5.82 Å². The van der Waals surface area contributed by atoms with Crippen LogP contribution in [0.5, 0.6) is 0 Å². The molecule has 18 heavy (non-hydrogen) atoms. The van der Waals surface area contributed by atoms with Crippen LogP contribution in [-0.4, -0.2) is 27.5 Å². The second-order valence-electron chi connectivity index (χ2n) is 4.22. The lowest BCUT2D eigenvalue weighted by atomic mass is 10.2. The second kappa shape index (κ2) is 4.17. The largest absolute Gasteiger partial charge is 0.419 e. The van der Waals surface area contributed by atoms with E-state index in [1.165, 1.54) is 20.0 Å². The van der Waals surface area contributed by atoms with Crippen LogP contribution in [0, 0.1) is 0 Å². The molecule has 1 fully saturated rings. The average molecular weight is 251 g/mol. The number of aryl methyl sites for hydroxylation is 1. The minimum atomic E-state index is -1.22. The van der Waals surface area contributed by atoms with E-state index in [9.17, 15) is 9.59 Å². The summed E-state index contributed by atoms with van der Waals surface area (Å²) in [5, 5.41) is 6.72. The van der Waals surface area contributed by atoms with E-state index in [1.807, 2.05) is 0 Å². The van der Waals surface area contributed by atoms with E-state index in [-0.39, 0.29) is 5.57 Å². The summed E-state index contributed by atoms with van der Waals surface area (Å²) >= 11 is 0. The molecule has 1 aromatic heterocycles. The number of nitrogens with zero attached hydrogens (tertiary/aromatic N) is 2. The van der Waals surface area contributed by atoms with E-state index in [0.29, 0.717) is 5.82 Å². The molecule has 0 saturated carbocycles. The van der Waals surface area contributed by atoms with Crippen LogP contribution in [0.2, 0.25) is 0 Å². The number of rotatable bonds is 2. The molecule has 0 radical (unpaired) electrons. The molecule has 96 valence electrons. The Labute approximate surface area is 103 Å². The summed E-state index contributed by atoms with van der Waals surface area (Å²) in [5.74, 6) is -2.03. The third-order valence-electron chi connectivity index (χ3n) is 2.30. The average Bonchev–Trinajstić information content (AvgIpc) is 2.61. The van der Waals surface area contributed by atoms with Gasteiger partial charge in [0.05, 0.1) is 6.20 Å². The van der Waals surface area contributed by atoms with Gasteiger partial charge in [-0.3, -0.25) is 4.68 Å². The third-order valence-corrected chi connectivity index (χ3v) is 2.30. The molecule has 0 amide bonds. The number of nitrogens with one attached hydrogen (secondary N) is 1. The fourth-order valence-corrected chi connectivity index (χ4v) is 1.44. The smallest absolute Gasteiger partial charge is 0.350 e. The molecule has 2 rings (SSSR count). The lowest BCUT2D eigenvalue weighted by molar-refractivity contribution is -0.222. The van der Waals surface area contributed by atoms with Gasteiger partial charge in [0.2, 0.25) is 0 Å². The molecule has 1 aliphatic rings. The van der Waals surface area contributed by atoms with Crippen LogP contribution in [0.3, 0.4) is 0 Å². The first kappa shape index (κ1) is 12.2. The van der Waals surface area contributed by atoms with Crippen molar-refractivity contribution in [3.8, 4) is 0 Å². The van der Waals surface area contributed by atoms with Gasteiger partial charge in [-0.05, 0) is 0 Å². The molecule has 1 N–H and O–H groups in total. The van der Waals surface area contributed by atoms with Crippen LogP contribution in [0.15, 0.2) is 24.0 Å². The Morgan fingerprint density at radius 3 is 2.44 bits per heavy atom. The fourth-order valence-electron chi connectivity index (χ4n) is 1.44. The van der Waals surface area contributed by atoms with Gasteiger partial charge < -0.3 is 14.8 Å². The lowest BCUT2D eigenvalue weighted by Gasteiger charge is -2.29. The summed E-state index contributed by atoms with van der Waals surface area (Å²) < 4.78 is 11.4. The molecule has 0 aromatic carbocycles. The number of cyclic esters (lactones) is 2. The van der Waals surface area contributed by atoms with Crippen molar-refractivity contribution in [3.63, 3.8) is 0 Å². The number of carbonyl (C=O) groups excluding carboxylic acids is 2. The van der Waals surface area contributed by atoms with Crippen LogP contribution in [0.1, 0.15) is 13.8 Å². The van der Waals surface area contributed by atoms with E-state index >= 15 is 0 Å². The number of anilines is 1. The van der Waals surface area contributed by atoms with Gasteiger partial charge in [0.1, 0.15) is 5.82 Å². The summed E-state index contributed by atoms with van der Waals surface area (Å²) in [4.78, 5) is 23.2. The van der Waals surface area contributed by atoms with Crippen molar-refractivity contribution >= 4 is 17.8 Å². The quantitative estimate of drug-likeness (QED) is 0.469. The maximum Gasteiger partial charge on any atom is 0.350 e. The van der Waals surface area contributed by atoms with Gasteiger partial charge in [-0.1, -0.05) is 0 Å². The Kier molecular flexibility index (Phi) is 2.82. The topological polar surface area (TPSA) is 82.5 Å². The molecular weight excluding hydrogens is 238 g/mol. The van der Waals surface area contributed by atoms with Crippen LogP contribution in [-0.2, 0) is 26.1 Å². The third kappa shape index (κ3) is 2.34. The predicted molar refractivity (Wildman–Crippen MR) is 61.2 cm³/mol. The lowest BCUT2D eigenvalue weighted by Crippen LogP contribution is -2.42. The summed E-state index contributed by atoms with van der Waals surface area (Å²) in [5.41, 5.74) is -0.185. The Morgan fingerprint density at radius 1 is 1.33 bits per heavy atom. The van der Waals surface area contributed by atoms with E-state index < -0.39 is 17.7 Å². The minimum Gasteiger partial charge on any atom is -0.419 e. The van der Waals surface area contributed by atoms with Crippen LogP contribution < -0.4 is 5.32 Å². The highest BCUT2D eigenvalue weighted by atomic mass is 16.7. The normalized spacial score (nSPS) is 18.1. The first-order chi connectivity index (χ1) is 8.39. The highest BCUT2D eigenvalue weighted by Crippen LogP contribution is 2.22. The van der Waals surface area contributed by atoms with Crippen LogP contribution >= 0.6 is 0 Å². The van der Waals surface area contributed by atoms with Crippen molar-refractivity contribution in [2.45, 2.75) is 19.6 Å². The predicted octanol–water partition coefficient (Wildman–Crippen LogP) is 0.552. The molecule has 0 aliphatic carbocycles. The SMILES string of the molecule is Cn1nccc1NC=C1C(=O)OC(C)(C)OC1=O. The van der Waals surface area contributed by atoms with Gasteiger partial charge in [0, 0.05) is 33.2 Å². The molecule has 0 atom stereocenters. The van der Waals surface area contributed by atoms with Gasteiger partial charge in [0.25, 0.3) is 5.79 Å². The fraction of sp³-hybridized carbons (Fsp3) is 0.364. The molecule has 0 spiro atoms. The van der Waals surface area contributed by atoms with Crippen molar-refractivity contribution < 1.29 is 19.1 Å². The highest BCUT2D eigenvalue weighted by Gasteiger charge is 2.38. The van der Waals surface area contributed by atoms with Crippen molar-refractivity contribution in [1.29, 1.82) is 0 Å². The first-order valence-corrected chi connectivity index (χ1v) is 5.30. The Morgan fingerprint density at radius 2 is 1.94 bits per heavy atom. The molecule has 0 unspecified atom stereocenters. The van der Waals surface area contributed by atoms with Crippen molar-refractivity contribution in [3.05, 3.63) is 24.0 Å². The van der Waals surface area contributed by atoms with Crippen molar-refractivity contribution in [2.75, 3.05) is 5.32 Å². The second-order valence-corrected chi connectivity index (χ2v) is 4.22. The molecule has 7 heteroatoms. The molecule has 1 aromatic rings. The first-order valence-electron chi connectivity index (χ1n) is 5.30. The Bertz CT molecular complexity index is 508. The highest BCUT2D eigenvalue weighted by molar-refractivity contribution is 6.15. The van der Waals surface area contributed by atoms with Crippen LogP contribution in [0.25, 0.3) is 0 Å². The van der Waals surface area contributed by atoms with E-state index in [2.05, 4.69) is 10.4 Å². The maximum absolute atomic E-state index is 11.6. The maximum atomic E-state index is 11.6. The zero-order valence-electron chi connectivity index (χ0n) is 10.3. The number of aromatic nitrogens is 2. The molecule has 7 nitrogen and oxygen atoms in total. The molecule has 1 aliphatic heterocycles. The van der Waals surface area contributed by atoms with Gasteiger partial charge in [-0.2, -0.15) is 5.10 Å². The molecular formula is C11H13N3O4. The van der Waals surface area contributed by atoms with Gasteiger partial charge in [0.15, 0.2) is 5.57 Å². The standard InChI is InChI=1S/C11H13N3O4/c1-11(2)17-9(15)7(10(16)18-11)6-12-8-4-5-13-14(8)3/h4-6,12H,1-3H3. The van der Waals surface area contributed by atoms with Crippen molar-refractivity contribution in [2.24, 2.45) is 7.05 Å². The number of carbonyl (C=O) groups is 2. The molecule has 2 heterocycles. The minimum absolute atomic E-state index is 0.185. The van der Waals surface area contributed by atoms with Crippen molar-refractivity contribution in [1.82, 2.24) is 9.78 Å². The van der Waals surface area contributed by atoms with E-state index in [4.69, 9.17) is 9.47 Å². The molecule has 1 saturated heterocycles. The summed E-state index contributed by atoms with van der Waals surface area (Å²) in [6.07, 6.45) is 2.83. The number of hydrogen-bond donors (Lipinski definition) is 1. The Balaban J connectivity index is 2.16. The monoisotopic (exact) mass is 251 g/mol. The van der Waals surface area contributed by atoms with Gasteiger partial charge >= 0.3 is 11.9 Å². The van der Waals surface area contributed by atoms with Gasteiger partial charge in [-0.15, -0.1) is 0 Å². The number of ether oxygens (including phenoxy) is 2. The zero-order valence-corrected chi connectivity index (χ0v) is 10.3. The Hall–Kier alpha value is -2.31. The van der Waals surface area contributed by atoms with E-state index in [0.717, 1.165) is 0 Å². The summed E-state index contributed by atoms with van der Waals surface area (Å²) in [6.45, 7) is 2.99. The van der Waals surface area contributed by atoms with E-state index in [1.54, 1.807) is 24.0 Å². The summed E-state index contributed by atoms with van der Waals surface area (Å²) in [7, 11) is 1.72. The van der Waals surface area contributed by atoms with Gasteiger partial charge in [-0.25, -0.2) is 9.59 Å². The number of esters is 2.